The fourth-order valence-electron chi connectivity index (χ4n) is 2.02. The molecule has 0 atom stereocenters. The lowest BCUT2D eigenvalue weighted by atomic mass is 10.1. The molecule has 0 aliphatic rings. The highest BCUT2D eigenvalue weighted by Crippen LogP contribution is 2.12. The number of sulfone groups is 1. The minimum Gasteiger partial charge on any atom is -0.389 e. The smallest absolute Gasteiger partial charge is 0.253 e. The summed E-state index contributed by atoms with van der Waals surface area (Å²) < 4.78 is 22.5. The number of benzene rings is 1. The van der Waals surface area contributed by atoms with Crippen LogP contribution in [0.3, 0.4) is 0 Å². The van der Waals surface area contributed by atoms with Crippen LogP contribution >= 0.6 is 0 Å². The summed E-state index contributed by atoms with van der Waals surface area (Å²) in [6, 6.07) is 6.53. The first-order valence-electron chi connectivity index (χ1n) is 6.80. The van der Waals surface area contributed by atoms with Crippen molar-refractivity contribution < 1.29 is 18.3 Å². The molecule has 0 heterocycles. The van der Waals surface area contributed by atoms with Crippen molar-refractivity contribution in [3.05, 3.63) is 35.4 Å². The average Bonchev–Trinajstić information content (AvgIpc) is 2.33. The lowest BCUT2D eigenvalue weighted by Crippen LogP contribution is -2.42. The SMILES string of the molecule is CCN(CC(C)(C)O)C(=O)c1ccc(CS(C)(=O)=O)cc1. The summed E-state index contributed by atoms with van der Waals surface area (Å²) in [5.74, 6) is -0.214. The van der Waals surface area contributed by atoms with E-state index in [1.54, 1.807) is 43.0 Å². The summed E-state index contributed by atoms with van der Waals surface area (Å²) in [6.45, 7) is 5.89. The first-order chi connectivity index (χ1) is 9.52. The van der Waals surface area contributed by atoms with E-state index in [1.807, 2.05) is 6.92 Å². The second kappa shape index (κ2) is 6.58. The molecule has 21 heavy (non-hydrogen) atoms. The summed E-state index contributed by atoms with van der Waals surface area (Å²) >= 11 is 0. The maximum atomic E-state index is 12.3. The Hall–Kier alpha value is -1.40. The fourth-order valence-corrected chi connectivity index (χ4v) is 2.82. The predicted molar refractivity (Wildman–Crippen MR) is 82.9 cm³/mol. The van der Waals surface area contributed by atoms with Gasteiger partial charge >= 0.3 is 0 Å². The van der Waals surface area contributed by atoms with E-state index in [1.165, 1.54) is 6.26 Å². The number of hydrogen-bond acceptors (Lipinski definition) is 4. The molecule has 1 amide bonds. The summed E-state index contributed by atoms with van der Waals surface area (Å²) in [5, 5.41) is 9.83. The monoisotopic (exact) mass is 313 g/mol. The van der Waals surface area contributed by atoms with E-state index in [2.05, 4.69) is 0 Å². The van der Waals surface area contributed by atoms with Crippen LogP contribution in [0, 0.1) is 0 Å². The molecule has 118 valence electrons. The molecular formula is C15H23NO4S. The van der Waals surface area contributed by atoms with E-state index >= 15 is 0 Å². The second-order valence-electron chi connectivity index (χ2n) is 5.90. The molecule has 0 aliphatic carbocycles. The van der Waals surface area contributed by atoms with Gasteiger partial charge in [0, 0.05) is 24.9 Å². The molecule has 0 aromatic heterocycles. The van der Waals surface area contributed by atoms with E-state index in [4.69, 9.17) is 0 Å². The van der Waals surface area contributed by atoms with Crippen molar-refractivity contribution in [1.82, 2.24) is 4.90 Å². The number of nitrogens with zero attached hydrogens (tertiary/aromatic N) is 1. The molecule has 0 unspecified atom stereocenters. The molecule has 1 aromatic carbocycles. The normalized spacial score (nSPS) is 12.2. The third kappa shape index (κ3) is 6.27. The van der Waals surface area contributed by atoms with Gasteiger partial charge in [-0.2, -0.15) is 0 Å². The highest BCUT2D eigenvalue weighted by atomic mass is 32.2. The minimum absolute atomic E-state index is 0.0391. The summed E-state index contributed by atoms with van der Waals surface area (Å²) in [7, 11) is -3.08. The van der Waals surface area contributed by atoms with Gasteiger partial charge in [-0.3, -0.25) is 4.79 Å². The minimum atomic E-state index is -3.08. The van der Waals surface area contributed by atoms with Crippen LogP contribution in [0.1, 0.15) is 36.7 Å². The number of aliphatic hydroxyl groups is 1. The molecular weight excluding hydrogens is 290 g/mol. The maximum absolute atomic E-state index is 12.3. The summed E-state index contributed by atoms with van der Waals surface area (Å²) in [5.41, 5.74) is 0.181. The highest BCUT2D eigenvalue weighted by molar-refractivity contribution is 7.89. The molecule has 0 radical (unpaired) electrons. The van der Waals surface area contributed by atoms with Gasteiger partial charge in [0.05, 0.1) is 11.4 Å². The van der Waals surface area contributed by atoms with Gasteiger partial charge < -0.3 is 10.0 Å². The number of carbonyl (C=O) groups is 1. The Balaban J connectivity index is 2.87. The number of carbonyl (C=O) groups excluding carboxylic acids is 1. The zero-order valence-electron chi connectivity index (χ0n) is 13.0. The quantitative estimate of drug-likeness (QED) is 0.863. The van der Waals surface area contributed by atoms with Gasteiger partial charge in [0.2, 0.25) is 0 Å². The van der Waals surface area contributed by atoms with Gasteiger partial charge in [0.25, 0.3) is 5.91 Å². The molecule has 1 rings (SSSR count). The Morgan fingerprint density at radius 2 is 1.76 bits per heavy atom. The Labute approximate surface area is 126 Å². The molecule has 0 bridgehead atoms. The van der Waals surface area contributed by atoms with Crippen molar-refractivity contribution in [1.29, 1.82) is 0 Å². The fraction of sp³-hybridized carbons (Fsp3) is 0.533. The van der Waals surface area contributed by atoms with Crippen molar-refractivity contribution in [2.75, 3.05) is 19.3 Å². The van der Waals surface area contributed by atoms with E-state index in [0.717, 1.165) is 0 Å². The van der Waals surface area contributed by atoms with Crippen LogP contribution in [0.15, 0.2) is 24.3 Å². The summed E-state index contributed by atoms with van der Waals surface area (Å²) in [4.78, 5) is 13.9. The number of rotatable bonds is 6. The average molecular weight is 313 g/mol. The Morgan fingerprint density at radius 3 is 2.14 bits per heavy atom. The van der Waals surface area contributed by atoms with Crippen LogP contribution in [0.25, 0.3) is 0 Å². The van der Waals surface area contributed by atoms with Crippen molar-refractivity contribution in [3.8, 4) is 0 Å². The molecule has 5 nitrogen and oxygen atoms in total. The highest BCUT2D eigenvalue weighted by Gasteiger charge is 2.22. The largest absolute Gasteiger partial charge is 0.389 e. The van der Waals surface area contributed by atoms with Crippen LogP contribution in [-0.4, -0.2) is 49.3 Å². The molecule has 0 fully saturated rings. The van der Waals surface area contributed by atoms with Gasteiger partial charge in [0.1, 0.15) is 0 Å². The van der Waals surface area contributed by atoms with Gasteiger partial charge in [0.15, 0.2) is 9.84 Å². The molecule has 0 saturated heterocycles. The molecule has 6 heteroatoms. The Kier molecular flexibility index (Phi) is 5.53. The topological polar surface area (TPSA) is 74.7 Å². The molecule has 1 aromatic rings. The van der Waals surface area contributed by atoms with Crippen LogP contribution in [0.5, 0.6) is 0 Å². The second-order valence-corrected chi connectivity index (χ2v) is 8.04. The molecule has 0 saturated carbocycles. The van der Waals surface area contributed by atoms with Gasteiger partial charge in [-0.25, -0.2) is 8.42 Å². The van der Waals surface area contributed by atoms with Crippen molar-refractivity contribution >= 4 is 15.7 Å². The van der Waals surface area contributed by atoms with Crippen molar-refractivity contribution in [2.45, 2.75) is 32.1 Å². The van der Waals surface area contributed by atoms with Crippen LogP contribution in [0.4, 0.5) is 0 Å². The third-order valence-corrected chi connectivity index (χ3v) is 3.73. The lowest BCUT2D eigenvalue weighted by molar-refractivity contribution is 0.0314. The van der Waals surface area contributed by atoms with Crippen LogP contribution < -0.4 is 0 Å². The Bertz CT molecular complexity index is 585. The van der Waals surface area contributed by atoms with Crippen LogP contribution in [0.2, 0.25) is 0 Å². The third-order valence-electron chi connectivity index (χ3n) is 2.88. The number of amides is 1. The lowest BCUT2D eigenvalue weighted by Gasteiger charge is -2.28. The molecule has 0 aliphatic heterocycles. The predicted octanol–water partition coefficient (Wildman–Crippen LogP) is 1.46. The summed E-state index contributed by atoms with van der Waals surface area (Å²) in [6.07, 6.45) is 1.17. The molecule has 1 N–H and O–H groups in total. The van der Waals surface area contributed by atoms with Gasteiger partial charge in [-0.1, -0.05) is 12.1 Å². The zero-order chi connectivity index (χ0) is 16.3. The van der Waals surface area contributed by atoms with E-state index < -0.39 is 15.4 Å². The van der Waals surface area contributed by atoms with Gasteiger partial charge in [-0.15, -0.1) is 0 Å². The first kappa shape index (κ1) is 17.7. The van der Waals surface area contributed by atoms with E-state index in [9.17, 15) is 18.3 Å². The first-order valence-corrected chi connectivity index (χ1v) is 8.86. The standard InChI is InChI=1S/C15H23NO4S/c1-5-16(11-15(2,3)18)14(17)13-8-6-12(7-9-13)10-21(4,19)20/h6-9,18H,5,10-11H2,1-4H3. The van der Waals surface area contributed by atoms with E-state index in [-0.39, 0.29) is 18.2 Å². The van der Waals surface area contributed by atoms with E-state index in [0.29, 0.717) is 17.7 Å². The Morgan fingerprint density at radius 1 is 1.24 bits per heavy atom. The zero-order valence-corrected chi connectivity index (χ0v) is 13.8. The number of hydrogen-bond donors (Lipinski definition) is 1. The van der Waals surface area contributed by atoms with Crippen LogP contribution in [-0.2, 0) is 15.6 Å². The maximum Gasteiger partial charge on any atom is 0.253 e. The van der Waals surface area contributed by atoms with Gasteiger partial charge in [-0.05, 0) is 38.5 Å². The van der Waals surface area contributed by atoms with Crippen molar-refractivity contribution in [3.63, 3.8) is 0 Å². The number of likely N-dealkylation sites (N-methyl/N-ethyl adjacent to an activating group) is 1. The molecule has 0 spiro atoms. The van der Waals surface area contributed by atoms with Crippen molar-refractivity contribution in [2.24, 2.45) is 0 Å².